The van der Waals surface area contributed by atoms with Crippen molar-refractivity contribution in [1.29, 1.82) is 0 Å². The Hall–Kier alpha value is -1.06. The number of rotatable bonds is 5. The maximum Gasteiger partial charge on any atom is 0.0367 e. The molecule has 1 saturated heterocycles. The van der Waals surface area contributed by atoms with Crippen LogP contribution in [0.1, 0.15) is 27.7 Å². The van der Waals surface area contributed by atoms with E-state index in [1.54, 1.807) is 0 Å². The lowest BCUT2D eigenvalue weighted by atomic mass is 10.1. The van der Waals surface area contributed by atoms with Crippen LogP contribution < -0.4 is 10.2 Å². The average molecular weight is 289 g/mol. The van der Waals surface area contributed by atoms with Crippen molar-refractivity contribution in [2.24, 2.45) is 5.92 Å². The highest BCUT2D eigenvalue weighted by molar-refractivity contribution is 5.46. The first kappa shape index (κ1) is 16.3. The average Bonchev–Trinajstić information content (AvgIpc) is 2.46. The Morgan fingerprint density at radius 2 is 1.67 bits per heavy atom. The first-order chi connectivity index (χ1) is 9.94. The smallest absolute Gasteiger partial charge is 0.0367 e. The van der Waals surface area contributed by atoms with Crippen LogP contribution in [-0.4, -0.2) is 49.7 Å². The molecular weight excluding hydrogens is 258 g/mol. The van der Waals surface area contributed by atoms with E-state index in [0.29, 0.717) is 5.92 Å². The summed E-state index contributed by atoms with van der Waals surface area (Å²) in [5.41, 5.74) is 1.58. The lowest BCUT2D eigenvalue weighted by Crippen LogP contribution is -2.49. The summed E-state index contributed by atoms with van der Waals surface area (Å²) in [4.78, 5) is 5.10. The van der Waals surface area contributed by atoms with Gasteiger partial charge < -0.3 is 10.2 Å². The first-order valence-corrected chi connectivity index (χ1v) is 8.21. The number of benzene rings is 1. The highest BCUT2D eigenvalue weighted by Crippen LogP contribution is 2.16. The van der Waals surface area contributed by atoms with E-state index in [1.165, 1.54) is 25.3 Å². The number of piperazine rings is 1. The van der Waals surface area contributed by atoms with E-state index in [4.69, 9.17) is 0 Å². The molecule has 1 aliphatic heterocycles. The zero-order valence-electron chi connectivity index (χ0n) is 14.1. The van der Waals surface area contributed by atoms with E-state index < -0.39 is 0 Å². The molecular formula is C18H31N3. The minimum atomic E-state index is 0.222. The minimum absolute atomic E-state index is 0.222. The standard InChI is InChI=1S/C18H31N3/c1-16(14-19-18(2,3)4)15-20-10-12-21(13-11-20)17-8-6-5-7-9-17/h5-9,16,19H,10-15H2,1-4H3. The molecule has 1 N–H and O–H groups in total. The molecule has 1 aliphatic rings. The van der Waals surface area contributed by atoms with Crippen LogP contribution in [0.2, 0.25) is 0 Å². The number of hydrogen-bond acceptors (Lipinski definition) is 3. The Labute approximate surface area is 130 Å². The van der Waals surface area contributed by atoms with Gasteiger partial charge in [-0.15, -0.1) is 0 Å². The summed E-state index contributed by atoms with van der Waals surface area (Å²) in [7, 11) is 0. The molecule has 1 aromatic carbocycles. The number of hydrogen-bond donors (Lipinski definition) is 1. The molecule has 0 spiro atoms. The molecule has 1 atom stereocenters. The van der Waals surface area contributed by atoms with Gasteiger partial charge in [-0.25, -0.2) is 0 Å². The maximum absolute atomic E-state index is 3.61. The van der Waals surface area contributed by atoms with Crippen LogP contribution in [0.4, 0.5) is 5.69 Å². The van der Waals surface area contributed by atoms with Crippen LogP contribution in [0.15, 0.2) is 30.3 Å². The number of nitrogens with one attached hydrogen (secondary N) is 1. The fourth-order valence-electron chi connectivity index (χ4n) is 2.81. The van der Waals surface area contributed by atoms with Crippen LogP contribution in [0, 0.1) is 5.92 Å². The van der Waals surface area contributed by atoms with Crippen LogP contribution in [0.3, 0.4) is 0 Å². The summed E-state index contributed by atoms with van der Waals surface area (Å²) in [6.45, 7) is 16.0. The molecule has 1 unspecified atom stereocenters. The lowest BCUT2D eigenvalue weighted by molar-refractivity contribution is 0.216. The molecule has 3 heteroatoms. The van der Waals surface area contributed by atoms with Gasteiger partial charge in [-0.05, 0) is 45.4 Å². The predicted molar refractivity (Wildman–Crippen MR) is 92.0 cm³/mol. The number of anilines is 1. The van der Waals surface area contributed by atoms with Crippen LogP contribution >= 0.6 is 0 Å². The van der Waals surface area contributed by atoms with Crippen LogP contribution in [0.25, 0.3) is 0 Å². The van der Waals surface area contributed by atoms with E-state index in [9.17, 15) is 0 Å². The van der Waals surface area contributed by atoms with Crippen molar-refractivity contribution in [3.05, 3.63) is 30.3 Å². The zero-order chi connectivity index (χ0) is 15.3. The third kappa shape index (κ3) is 5.68. The monoisotopic (exact) mass is 289 g/mol. The normalized spacial score (nSPS) is 18.8. The van der Waals surface area contributed by atoms with Gasteiger partial charge in [0.05, 0.1) is 0 Å². The third-order valence-electron chi connectivity index (χ3n) is 4.04. The topological polar surface area (TPSA) is 18.5 Å². The Bertz CT molecular complexity index is 402. The van der Waals surface area contributed by atoms with Gasteiger partial charge in [0.15, 0.2) is 0 Å². The fraction of sp³-hybridized carbons (Fsp3) is 0.667. The molecule has 0 radical (unpaired) electrons. The second kappa shape index (κ2) is 7.28. The summed E-state index contributed by atoms with van der Waals surface area (Å²) in [5, 5.41) is 3.61. The third-order valence-corrected chi connectivity index (χ3v) is 4.04. The minimum Gasteiger partial charge on any atom is -0.369 e. The Balaban J connectivity index is 1.72. The predicted octanol–water partition coefficient (Wildman–Crippen LogP) is 2.83. The van der Waals surface area contributed by atoms with Crippen molar-refractivity contribution in [2.45, 2.75) is 33.2 Å². The second-order valence-electron chi connectivity index (χ2n) is 7.36. The Morgan fingerprint density at radius 1 is 1.05 bits per heavy atom. The molecule has 0 aliphatic carbocycles. The lowest BCUT2D eigenvalue weighted by Gasteiger charge is -2.37. The first-order valence-electron chi connectivity index (χ1n) is 8.21. The van der Waals surface area contributed by atoms with Crippen molar-refractivity contribution >= 4 is 5.69 Å². The highest BCUT2D eigenvalue weighted by Gasteiger charge is 2.19. The van der Waals surface area contributed by atoms with Gasteiger partial charge in [-0.2, -0.15) is 0 Å². The van der Waals surface area contributed by atoms with Gasteiger partial charge in [-0.3, -0.25) is 4.90 Å². The van der Waals surface area contributed by atoms with Gasteiger partial charge >= 0.3 is 0 Å². The van der Waals surface area contributed by atoms with E-state index >= 15 is 0 Å². The molecule has 1 heterocycles. The molecule has 0 aromatic heterocycles. The molecule has 3 nitrogen and oxygen atoms in total. The summed E-state index contributed by atoms with van der Waals surface area (Å²) >= 11 is 0. The molecule has 1 aromatic rings. The van der Waals surface area contributed by atoms with Gasteiger partial charge in [0, 0.05) is 44.0 Å². The maximum atomic E-state index is 3.61. The zero-order valence-corrected chi connectivity index (χ0v) is 14.1. The number of para-hydroxylation sites is 1. The van der Waals surface area contributed by atoms with Crippen LogP contribution in [-0.2, 0) is 0 Å². The molecule has 0 bridgehead atoms. The second-order valence-corrected chi connectivity index (χ2v) is 7.36. The Morgan fingerprint density at radius 3 is 2.24 bits per heavy atom. The largest absolute Gasteiger partial charge is 0.369 e. The summed E-state index contributed by atoms with van der Waals surface area (Å²) < 4.78 is 0. The molecule has 118 valence electrons. The van der Waals surface area contributed by atoms with Gasteiger partial charge in [0.25, 0.3) is 0 Å². The quantitative estimate of drug-likeness (QED) is 0.899. The number of nitrogens with zero attached hydrogens (tertiary/aromatic N) is 2. The van der Waals surface area contributed by atoms with Crippen molar-refractivity contribution in [2.75, 3.05) is 44.2 Å². The van der Waals surface area contributed by atoms with Gasteiger partial charge in [-0.1, -0.05) is 25.1 Å². The van der Waals surface area contributed by atoms with E-state index in [2.05, 4.69) is 73.1 Å². The van der Waals surface area contributed by atoms with Crippen molar-refractivity contribution in [3.63, 3.8) is 0 Å². The van der Waals surface area contributed by atoms with Gasteiger partial charge in [0.1, 0.15) is 0 Å². The summed E-state index contributed by atoms with van der Waals surface area (Å²) in [6.07, 6.45) is 0. The van der Waals surface area contributed by atoms with Gasteiger partial charge in [0.2, 0.25) is 0 Å². The summed E-state index contributed by atoms with van der Waals surface area (Å²) in [5.74, 6) is 0.701. The fourth-order valence-corrected chi connectivity index (χ4v) is 2.81. The van der Waals surface area contributed by atoms with Crippen molar-refractivity contribution < 1.29 is 0 Å². The molecule has 1 fully saturated rings. The Kier molecular flexibility index (Phi) is 5.65. The SMILES string of the molecule is CC(CNC(C)(C)C)CN1CCN(c2ccccc2)CC1. The molecule has 2 rings (SSSR count). The molecule has 21 heavy (non-hydrogen) atoms. The molecule has 0 saturated carbocycles. The van der Waals surface area contributed by atoms with Crippen LogP contribution in [0.5, 0.6) is 0 Å². The van der Waals surface area contributed by atoms with E-state index in [-0.39, 0.29) is 5.54 Å². The van der Waals surface area contributed by atoms with Crippen molar-refractivity contribution in [3.8, 4) is 0 Å². The highest BCUT2D eigenvalue weighted by atomic mass is 15.3. The molecule has 0 amide bonds. The van der Waals surface area contributed by atoms with E-state index in [0.717, 1.165) is 19.6 Å². The van der Waals surface area contributed by atoms with E-state index in [1.807, 2.05) is 0 Å². The summed E-state index contributed by atoms with van der Waals surface area (Å²) in [6, 6.07) is 10.8. The van der Waals surface area contributed by atoms with Crippen molar-refractivity contribution in [1.82, 2.24) is 10.2 Å².